The summed E-state index contributed by atoms with van der Waals surface area (Å²) in [6, 6.07) is 3.94. The van der Waals surface area contributed by atoms with Gasteiger partial charge in [0.1, 0.15) is 11.0 Å². The summed E-state index contributed by atoms with van der Waals surface area (Å²) < 4.78 is 5.29. The van der Waals surface area contributed by atoms with Crippen LogP contribution in [0.15, 0.2) is 17.0 Å². The third-order valence-corrected chi connectivity index (χ3v) is 4.09. The van der Waals surface area contributed by atoms with Crippen molar-refractivity contribution in [2.75, 3.05) is 7.11 Å². The van der Waals surface area contributed by atoms with Crippen LogP contribution >= 0.6 is 11.8 Å². The molecule has 0 radical (unpaired) electrons. The standard InChI is InChI=1S/C13H18O3S/c1-5-11(13(14)15)17-12-7-9(3)8(2)6-10(12)16-4/h6-7,11H,5H2,1-4H3,(H,14,15). The summed E-state index contributed by atoms with van der Waals surface area (Å²) in [5.41, 5.74) is 2.29. The van der Waals surface area contributed by atoms with Crippen molar-refractivity contribution < 1.29 is 14.6 Å². The van der Waals surface area contributed by atoms with E-state index in [0.717, 1.165) is 21.8 Å². The molecule has 1 aromatic rings. The van der Waals surface area contributed by atoms with Gasteiger partial charge < -0.3 is 9.84 Å². The molecule has 1 atom stereocenters. The molecule has 1 N–H and O–H groups in total. The molecule has 0 amide bonds. The van der Waals surface area contributed by atoms with E-state index in [2.05, 4.69) is 0 Å². The first-order chi connectivity index (χ1) is 7.99. The van der Waals surface area contributed by atoms with E-state index in [1.807, 2.05) is 32.9 Å². The van der Waals surface area contributed by atoms with Crippen molar-refractivity contribution in [2.45, 2.75) is 37.3 Å². The molecule has 0 spiro atoms. The summed E-state index contributed by atoms with van der Waals surface area (Å²) in [7, 11) is 1.61. The molecule has 0 bridgehead atoms. The lowest BCUT2D eigenvalue weighted by molar-refractivity contribution is -0.136. The van der Waals surface area contributed by atoms with Gasteiger partial charge in [0.2, 0.25) is 0 Å². The van der Waals surface area contributed by atoms with Crippen LogP contribution in [0.5, 0.6) is 5.75 Å². The van der Waals surface area contributed by atoms with Crippen LogP contribution < -0.4 is 4.74 Å². The van der Waals surface area contributed by atoms with E-state index in [9.17, 15) is 4.79 Å². The number of thioether (sulfide) groups is 1. The molecule has 0 aromatic heterocycles. The normalized spacial score (nSPS) is 12.2. The molecule has 1 rings (SSSR count). The molecule has 3 nitrogen and oxygen atoms in total. The second-order valence-corrected chi connectivity index (χ2v) is 5.18. The second-order valence-electron chi connectivity index (χ2n) is 3.94. The van der Waals surface area contributed by atoms with Gasteiger partial charge in [-0.3, -0.25) is 4.79 Å². The Hall–Kier alpha value is -1.16. The van der Waals surface area contributed by atoms with Crippen molar-refractivity contribution in [2.24, 2.45) is 0 Å². The van der Waals surface area contributed by atoms with Crippen LogP contribution in [0.3, 0.4) is 0 Å². The van der Waals surface area contributed by atoms with Gasteiger partial charge >= 0.3 is 5.97 Å². The summed E-state index contributed by atoms with van der Waals surface area (Å²) in [5.74, 6) is -0.0319. The van der Waals surface area contributed by atoms with Gasteiger partial charge in [0, 0.05) is 0 Å². The first-order valence-corrected chi connectivity index (χ1v) is 6.42. The fourth-order valence-electron chi connectivity index (χ4n) is 1.48. The molecule has 0 aliphatic carbocycles. The molecule has 0 heterocycles. The third-order valence-electron chi connectivity index (χ3n) is 2.70. The van der Waals surface area contributed by atoms with Crippen molar-refractivity contribution >= 4 is 17.7 Å². The summed E-state index contributed by atoms with van der Waals surface area (Å²) in [4.78, 5) is 11.9. The number of rotatable bonds is 5. The van der Waals surface area contributed by atoms with Gasteiger partial charge in [-0.2, -0.15) is 0 Å². The Bertz CT molecular complexity index is 415. The lowest BCUT2D eigenvalue weighted by Crippen LogP contribution is -2.14. The predicted octanol–water partition coefficient (Wildman–Crippen LogP) is 3.27. The van der Waals surface area contributed by atoms with Crippen LogP contribution in [-0.4, -0.2) is 23.4 Å². The molecular formula is C13H18O3S. The van der Waals surface area contributed by atoms with Gasteiger partial charge in [-0.25, -0.2) is 0 Å². The molecule has 94 valence electrons. The molecule has 4 heteroatoms. The van der Waals surface area contributed by atoms with E-state index in [1.165, 1.54) is 11.8 Å². The summed E-state index contributed by atoms with van der Waals surface area (Å²) in [6.07, 6.45) is 0.593. The number of aliphatic carboxylic acids is 1. The highest BCUT2D eigenvalue weighted by molar-refractivity contribution is 8.00. The molecular weight excluding hydrogens is 236 g/mol. The van der Waals surface area contributed by atoms with Crippen LogP contribution in [0, 0.1) is 13.8 Å². The minimum Gasteiger partial charge on any atom is -0.496 e. The van der Waals surface area contributed by atoms with E-state index in [4.69, 9.17) is 9.84 Å². The number of ether oxygens (including phenoxy) is 1. The average molecular weight is 254 g/mol. The molecule has 0 fully saturated rings. The van der Waals surface area contributed by atoms with Crippen molar-refractivity contribution in [1.82, 2.24) is 0 Å². The van der Waals surface area contributed by atoms with Crippen molar-refractivity contribution in [1.29, 1.82) is 0 Å². The average Bonchev–Trinajstić information content (AvgIpc) is 2.29. The van der Waals surface area contributed by atoms with Gasteiger partial charge in [0.05, 0.1) is 12.0 Å². The largest absolute Gasteiger partial charge is 0.496 e. The van der Waals surface area contributed by atoms with Crippen LogP contribution in [-0.2, 0) is 4.79 Å². The van der Waals surface area contributed by atoms with Gasteiger partial charge in [-0.1, -0.05) is 6.92 Å². The van der Waals surface area contributed by atoms with Crippen molar-refractivity contribution in [3.8, 4) is 5.75 Å². The van der Waals surface area contributed by atoms with E-state index in [0.29, 0.717) is 6.42 Å². The van der Waals surface area contributed by atoms with E-state index in [1.54, 1.807) is 7.11 Å². The van der Waals surface area contributed by atoms with Gasteiger partial charge in [0.25, 0.3) is 0 Å². The minimum atomic E-state index is -0.780. The first-order valence-electron chi connectivity index (χ1n) is 5.54. The van der Waals surface area contributed by atoms with Crippen molar-refractivity contribution in [3.05, 3.63) is 23.3 Å². The van der Waals surface area contributed by atoms with Gasteiger partial charge in [-0.15, -0.1) is 11.8 Å². The molecule has 0 saturated carbocycles. The van der Waals surface area contributed by atoms with Crippen LogP contribution in [0.25, 0.3) is 0 Å². The number of hydrogen-bond donors (Lipinski definition) is 1. The van der Waals surface area contributed by atoms with Crippen LogP contribution in [0.1, 0.15) is 24.5 Å². The molecule has 0 aliphatic heterocycles. The maximum absolute atomic E-state index is 11.0. The van der Waals surface area contributed by atoms with Crippen molar-refractivity contribution in [3.63, 3.8) is 0 Å². The van der Waals surface area contributed by atoms with Gasteiger partial charge in [-0.05, 0) is 43.5 Å². The number of benzene rings is 1. The number of carboxylic acid groups (broad SMARTS) is 1. The van der Waals surface area contributed by atoms with E-state index in [-0.39, 0.29) is 0 Å². The zero-order valence-corrected chi connectivity index (χ0v) is 11.4. The lowest BCUT2D eigenvalue weighted by atomic mass is 10.1. The monoisotopic (exact) mass is 254 g/mol. The number of methoxy groups -OCH3 is 1. The Balaban J connectivity index is 3.04. The third kappa shape index (κ3) is 3.40. The highest BCUT2D eigenvalue weighted by atomic mass is 32.2. The lowest BCUT2D eigenvalue weighted by Gasteiger charge is -2.14. The van der Waals surface area contributed by atoms with Gasteiger partial charge in [0.15, 0.2) is 0 Å². The van der Waals surface area contributed by atoms with E-state index >= 15 is 0 Å². The summed E-state index contributed by atoms with van der Waals surface area (Å²) in [5, 5.41) is 8.64. The predicted molar refractivity (Wildman–Crippen MR) is 70.0 cm³/mol. The number of hydrogen-bond acceptors (Lipinski definition) is 3. The SMILES string of the molecule is CCC(Sc1cc(C)c(C)cc1OC)C(=O)O. The highest BCUT2D eigenvalue weighted by Gasteiger charge is 2.19. The zero-order chi connectivity index (χ0) is 13.0. The Morgan fingerprint density at radius 2 is 2.00 bits per heavy atom. The summed E-state index contributed by atoms with van der Waals surface area (Å²) in [6.45, 7) is 5.90. The smallest absolute Gasteiger partial charge is 0.316 e. The minimum absolute atomic E-state index is 0.425. The number of carbonyl (C=O) groups is 1. The Morgan fingerprint density at radius 3 is 2.47 bits per heavy atom. The molecule has 0 aliphatic rings. The molecule has 0 saturated heterocycles. The summed E-state index contributed by atoms with van der Waals surface area (Å²) >= 11 is 1.35. The fourth-order valence-corrected chi connectivity index (χ4v) is 2.55. The molecule has 1 aromatic carbocycles. The number of carboxylic acids is 1. The Kier molecular flexibility index (Phi) is 4.87. The maximum Gasteiger partial charge on any atom is 0.316 e. The fraction of sp³-hybridized carbons (Fsp3) is 0.462. The van der Waals surface area contributed by atoms with E-state index < -0.39 is 11.2 Å². The topological polar surface area (TPSA) is 46.5 Å². The molecule has 1 unspecified atom stereocenters. The number of aryl methyl sites for hydroxylation is 2. The maximum atomic E-state index is 11.0. The second kappa shape index (κ2) is 5.96. The Morgan fingerprint density at radius 1 is 1.41 bits per heavy atom. The van der Waals surface area contributed by atoms with Crippen LogP contribution in [0.4, 0.5) is 0 Å². The zero-order valence-electron chi connectivity index (χ0n) is 10.6. The molecule has 17 heavy (non-hydrogen) atoms. The quantitative estimate of drug-likeness (QED) is 0.819. The Labute approximate surface area is 106 Å². The highest BCUT2D eigenvalue weighted by Crippen LogP contribution is 2.35. The first kappa shape index (κ1) is 13.9. The van der Waals surface area contributed by atoms with Crippen LogP contribution in [0.2, 0.25) is 0 Å².